The minimum Gasteiger partial charge on any atom is -0.381 e. The van der Waals surface area contributed by atoms with Gasteiger partial charge >= 0.3 is 0 Å². The third kappa shape index (κ3) is 3.44. The summed E-state index contributed by atoms with van der Waals surface area (Å²) in [6.45, 7) is 7.04. The highest BCUT2D eigenvalue weighted by Gasteiger charge is 2.28. The van der Waals surface area contributed by atoms with Gasteiger partial charge in [-0.1, -0.05) is 0 Å². The molecule has 2 heterocycles. The summed E-state index contributed by atoms with van der Waals surface area (Å²) in [5.41, 5.74) is 0.204. The van der Waals surface area contributed by atoms with Crippen LogP contribution in [0.25, 0.3) is 0 Å². The van der Waals surface area contributed by atoms with Gasteiger partial charge in [0, 0.05) is 25.3 Å². The van der Waals surface area contributed by atoms with E-state index in [0.29, 0.717) is 5.92 Å². The number of ether oxygens (including phenoxy) is 2. The van der Waals surface area contributed by atoms with Gasteiger partial charge < -0.3 is 14.8 Å². The minimum atomic E-state index is 0.204. The van der Waals surface area contributed by atoms with Crippen LogP contribution in [0, 0.1) is 5.92 Å². The Labute approximate surface area is 92.5 Å². The minimum absolute atomic E-state index is 0.204. The predicted molar refractivity (Wildman–Crippen MR) is 60.0 cm³/mol. The molecular formula is C12H23NO2. The largest absolute Gasteiger partial charge is 0.381 e. The zero-order valence-electron chi connectivity index (χ0n) is 9.76. The first-order valence-corrected chi connectivity index (χ1v) is 6.19. The molecule has 2 fully saturated rings. The molecular weight excluding hydrogens is 190 g/mol. The Morgan fingerprint density at radius 3 is 2.80 bits per heavy atom. The summed E-state index contributed by atoms with van der Waals surface area (Å²) in [7, 11) is 0. The van der Waals surface area contributed by atoms with E-state index < -0.39 is 0 Å². The Kier molecular flexibility index (Phi) is 4.00. The van der Waals surface area contributed by atoms with E-state index >= 15 is 0 Å². The summed E-state index contributed by atoms with van der Waals surface area (Å²) in [5, 5.41) is 3.66. The smallest absolute Gasteiger partial charge is 0.0645 e. The van der Waals surface area contributed by atoms with Gasteiger partial charge in [0.2, 0.25) is 0 Å². The van der Waals surface area contributed by atoms with Crippen LogP contribution in [-0.2, 0) is 9.47 Å². The SMILES string of the molecule is CC1(NCC2CCCOC2)CCCOC1. The van der Waals surface area contributed by atoms with Crippen molar-refractivity contribution in [2.24, 2.45) is 5.92 Å². The molecule has 0 saturated carbocycles. The maximum atomic E-state index is 5.53. The zero-order chi connectivity index (χ0) is 10.6. The summed E-state index contributed by atoms with van der Waals surface area (Å²) in [6, 6.07) is 0. The van der Waals surface area contributed by atoms with Gasteiger partial charge in [0.1, 0.15) is 0 Å². The molecule has 0 radical (unpaired) electrons. The Morgan fingerprint density at radius 2 is 2.13 bits per heavy atom. The molecule has 1 N–H and O–H groups in total. The van der Waals surface area contributed by atoms with Crippen LogP contribution in [0.3, 0.4) is 0 Å². The molecule has 2 aliphatic rings. The summed E-state index contributed by atoms with van der Waals surface area (Å²) in [6.07, 6.45) is 4.95. The van der Waals surface area contributed by atoms with Crippen LogP contribution >= 0.6 is 0 Å². The van der Waals surface area contributed by atoms with Crippen molar-refractivity contribution in [3.63, 3.8) is 0 Å². The van der Waals surface area contributed by atoms with Crippen LogP contribution in [0.2, 0.25) is 0 Å². The molecule has 2 rings (SSSR count). The van der Waals surface area contributed by atoms with Crippen LogP contribution in [-0.4, -0.2) is 38.5 Å². The molecule has 0 aromatic carbocycles. The van der Waals surface area contributed by atoms with Crippen LogP contribution < -0.4 is 5.32 Å². The van der Waals surface area contributed by atoms with E-state index in [1.807, 2.05) is 0 Å². The fourth-order valence-electron chi connectivity index (χ4n) is 2.43. The van der Waals surface area contributed by atoms with Crippen molar-refractivity contribution < 1.29 is 9.47 Å². The molecule has 0 aromatic rings. The molecule has 3 heteroatoms. The maximum absolute atomic E-state index is 5.53. The summed E-state index contributed by atoms with van der Waals surface area (Å²) in [4.78, 5) is 0. The fraction of sp³-hybridized carbons (Fsp3) is 1.00. The molecule has 3 nitrogen and oxygen atoms in total. The van der Waals surface area contributed by atoms with Gasteiger partial charge in [-0.15, -0.1) is 0 Å². The lowest BCUT2D eigenvalue weighted by atomic mass is 9.93. The summed E-state index contributed by atoms with van der Waals surface area (Å²) in [5.74, 6) is 0.706. The Bertz CT molecular complexity index is 184. The number of nitrogens with one attached hydrogen (secondary N) is 1. The lowest BCUT2D eigenvalue weighted by molar-refractivity contribution is 0.0159. The topological polar surface area (TPSA) is 30.5 Å². The highest BCUT2D eigenvalue weighted by atomic mass is 16.5. The number of rotatable bonds is 3. The van der Waals surface area contributed by atoms with E-state index in [1.165, 1.54) is 25.7 Å². The standard InChI is InChI=1S/C12H23NO2/c1-12(5-3-7-15-10-12)13-8-11-4-2-6-14-9-11/h11,13H,2-10H2,1H3. The van der Waals surface area contributed by atoms with E-state index in [-0.39, 0.29) is 5.54 Å². The summed E-state index contributed by atoms with van der Waals surface area (Å²) < 4.78 is 11.0. The van der Waals surface area contributed by atoms with Crippen molar-refractivity contribution >= 4 is 0 Å². The molecule has 88 valence electrons. The van der Waals surface area contributed by atoms with Gasteiger partial charge in [-0.2, -0.15) is 0 Å². The Balaban J connectivity index is 1.70. The van der Waals surface area contributed by atoms with E-state index in [0.717, 1.165) is 33.0 Å². The quantitative estimate of drug-likeness (QED) is 0.772. The van der Waals surface area contributed by atoms with Gasteiger partial charge in [0.05, 0.1) is 13.2 Å². The molecule has 2 unspecified atom stereocenters. The average molecular weight is 213 g/mol. The Morgan fingerprint density at radius 1 is 1.27 bits per heavy atom. The number of hydrogen-bond donors (Lipinski definition) is 1. The van der Waals surface area contributed by atoms with Gasteiger partial charge in [-0.25, -0.2) is 0 Å². The average Bonchev–Trinajstić information content (AvgIpc) is 2.29. The van der Waals surface area contributed by atoms with E-state index in [2.05, 4.69) is 12.2 Å². The molecule has 15 heavy (non-hydrogen) atoms. The molecule has 2 saturated heterocycles. The molecule has 0 spiro atoms. The van der Waals surface area contributed by atoms with Crippen LogP contribution in [0.5, 0.6) is 0 Å². The van der Waals surface area contributed by atoms with Crippen LogP contribution in [0.1, 0.15) is 32.6 Å². The second kappa shape index (κ2) is 5.28. The maximum Gasteiger partial charge on any atom is 0.0645 e. The van der Waals surface area contributed by atoms with Gasteiger partial charge in [0.25, 0.3) is 0 Å². The van der Waals surface area contributed by atoms with E-state index in [1.54, 1.807) is 0 Å². The third-order valence-electron chi connectivity index (χ3n) is 3.51. The van der Waals surface area contributed by atoms with Crippen molar-refractivity contribution in [2.75, 3.05) is 33.0 Å². The van der Waals surface area contributed by atoms with Crippen molar-refractivity contribution in [1.82, 2.24) is 5.32 Å². The van der Waals surface area contributed by atoms with Crippen LogP contribution in [0.4, 0.5) is 0 Å². The van der Waals surface area contributed by atoms with Crippen molar-refractivity contribution in [3.05, 3.63) is 0 Å². The highest BCUT2D eigenvalue weighted by molar-refractivity contribution is 4.86. The number of hydrogen-bond acceptors (Lipinski definition) is 3. The first kappa shape index (κ1) is 11.4. The van der Waals surface area contributed by atoms with Crippen molar-refractivity contribution in [2.45, 2.75) is 38.1 Å². The zero-order valence-corrected chi connectivity index (χ0v) is 9.76. The van der Waals surface area contributed by atoms with Crippen molar-refractivity contribution in [3.8, 4) is 0 Å². The molecule has 0 bridgehead atoms. The molecule has 0 aliphatic carbocycles. The van der Waals surface area contributed by atoms with Crippen LogP contribution in [0.15, 0.2) is 0 Å². The second-order valence-corrected chi connectivity index (χ2v) is 5.18. The van der Waals surface area contributed by atoms with Gasteiger partial charge in [0.15, 0.2) is 0 Å². The second-order valence-electron chi connectivity index (χ2n) is 5.18. The van der Waals surface area contributed by atoms with E-state index in [9.17, 15) is 0 Å². The lowest BCUT2D eigenvalue weighted by Gasteiger charge is -2.36. The highest BCUT2D eigenvalue weighted by Crippen LogP contribution is 2.20. The van der Waals surface area contributed by atoms with Gasteiger partial charge in [-0.3, -0.25) is 0 Å². The molecule has 2 aliphatic heterocycles. The third-order valence-corrected chi connectivity index (χ3v) is 3.51. The Hall–Kier alpha value is -0.120. The first-order chi connectivity index (χ1) is 7.29. The van der Waals surface area contributed by atoms with E-state index in [4.69, 9.17) is 9.47 Å². The first-order valence-electron chi connectivity index (χ1n) is 6.19. The lowest BCUT2D eigenvalue weighted by Crippen LogP contribution is -2.51. The molecule has 0 amide bonds. The predicted octanol–water partition coefficient (Wildman–Crippen LogP) is 1.57. The fourth-order valence-corrected chi connectivity index (χ4v) is 2.43. The summed E-state index contributed by atoms with van der Waals surface area (Å²) >= 11 is 0. The van der Waals surface area contributed by atoms with Crippen molar-refractivity contribution in [1.29, 1.82) is 0 Å². The normalized spacial score (nSPS) is 37.8. The molecule has 2 atom stereocenters. The monoisotopic (exact) mass is 213 g/mol. The molecule has 0 aromatic heterocycles. The van der Waals surface area contributed by atoms with Gasteiger partial charge in [-0.05, 0) is 38.5 Å².